The van der Waals surface area contributed by atoms with Crippen LogP contribution >= 0.6 is 0 Å². The number of hydrogen-bond acceptors (Lipinski definition) is 3. The molecule has 0 radical (unpaired) electrons. The van der Waals surface area contributed by atoms with Gasteiger partial charge in [-0.05, 0) is 86.6 Å². The number of anilines is 3. The van der Waals surface area contributed by atoms with Crippen molar-refractivity contribution < 1.29 is 8.83 Å². The second kappa shape index (κ2) is 10.7. The lowest BCUT2D eigenvalue weighted by atomic mass is 9.82. The molecule has 8 aromatic carbocycles. The van der Waals surface area contributed by atoms with Crippen LogP contribution in [0.15, 0.2) is 173 Å². The number of fused-ring (bicyclic) bond motifs is 11. The minimum atomic E-state index is -0.152. The van der Waals surface area contributed by atoms with Crippen LogP contribution in [0.25, 0.3) is 76.9 Å². The lowest BCUT2D eigenvalue weighted by molar-refractivity contribution is 0.660. The molecular formula is C49H33NO2. The first kappa shape index (κ1) is 29.2. The summed E-state index contributed by atoms with van der Waals surface area (Å²) in [5.41, 5.74) is 13.9. The van der Waals surface area contributed by atoms with E-state index in [-0.39, 0.29) is 5.41 Å². The molecule has 11 rings (SSSR count). The molecule has 0 unspecified atom stereocenters. The van der Waals surface area contributed by atoms with E-state index < -0.39 is 0 Å². The quantitative estimate of drug-likeness (QED) is 0.187. The van der Waals surface area contributed by atoms with Crippen LogP contribution in [0.3, 0.4) is 0 Å². The standard InChI is InChI=1S/C49H33NO2/c1-49(2)40-18-10-8-16-36(40)37-23-21-32(28-41(37)49)50(33-22-24-39-38-17-9-11-19-43(38)51-45(39)29-33)42-26-25-35(30-12-4-3-5-13-30)47-46-34-15-7-6-14-31(34)20-27-44(46)52-48(42)47/h3-29H,1-2H3. The molecule has 246 valence electrons. The van der Waals surface area contributed by atoms with Crippen molar-refractivity contribution in [3.05, 3.63) is 175 Å². The predicted molar refractivity (Wildman–Crippen MR) is 216 cm³/mol. The van der Waals surface area contributed by atoms with Crippen LogP contribution < -0.4 is 4.90 Å². The third kappa shape index (κ3) is 4.08. The lowest BCUT2D eigenvalue weighted by Crippen LogP contribution is -2.16. The summed E-state index contributed by atoms with van der Waals surface area (Å²) in [6, 6.07) is 58.6. The Morgan fingerprint density at radius 1 is 0.442 bits per heavy atom. The number of hydrogen-bond donors (Lipinski definition) is 0. The van der Waals surface area contributed by atoms with Crippen molar-refractivity contribution in [3.63, 3.8) is 0 Å². The van der Waals surface area contributed by atoms with E-state index in [9.17, 15) is 0 Å². The van der Waals surface area contributed by atoms with E-state index >= 15 is 0 Å². The van der Waals surface area contributed by atoms with E-state index in [4.69, 9.17) is 8.83 Å². The Hall–Kier alpha value is -6.58. The first-order valence-electron chi connectivity index (χ1n) is 17.9. The molecule has 0 N–H and O–H groups in total. The third-order valence-electron chi connectivity index (χ3n) is 11.3. The Balaban J connectivity index is 1.23. The summed E-state index contributed by atoms with van der Waals surface area (Å²) in [4.78, 5) is 2.35. The molecule has 0 spiro atoms. The van der Waals surface area contributed by atoms with Crippen molar-refractivity contribution in [2.24, 2.45) is 0 Å². The van der Waals surface area contributed by atoms with Gasteiger partial charge in [-0.1, -0.05) is 129 Å². The van der Waals surface area contributed by atoms with Crippen LogP contribution in [0, 0.1) is 0 Å². The fourth-order valence-corrected chi connectivity index (χ4v) is 8.77. The van der Waals surface area contributed by atoms with Gasteiger partial charge in [0.1, 0.15) is 16.7 Å². The molecule has 2 heterocycles. The summed E-state index contributed by atoms with van der Waals surface area (Å²) in [5.74, 6) is 0. The maximum atomic E-state index is 7.03. The topological polar surface area (TPSA) is 29.5 Å². The van der Waals surface area contributed by atoms with Crippen molar-refractivity contribution in [1.82, 2.24) is 0 Å². The van der Waals surface area contributed by atoms with Crippen molar-refractivity contribution in [2.75, 3.05) is 4.90 Å². The zero-order chi connectivity index (χ0) is 34.6. The van der Waals surface area contributed by atoms with Gasteiger partial charge in [0.15, 0.2) is 5.58 Å². The van der Waals surface area contributed by atoms with Gasteiger partial charge in [0.25, 0.3) is 0 Å². The highest BCUT2D eigenvalue weighted by Gasteiger charge is 2.36. The Bertz CT molecular complexity index is 3050. The van der Waals surface area contributed by atoms with Gasteiger partial charge in [0, 0.05) is 38.7 Å². The lowest BCUT2D eigenvalue weighted by Gasteiger charge is -2.28. The van der Waals surface area contributed by atoms with E-state index in [0.717, 1.165) is 72.1 Å². The Kier molecular flexibility index (Phi) is 6.01. The summed E-state index contributed by atoms with van der Waals surface area (Å²) in [5, 5.41) is 6.83. The molecule has 1 aliphatic rings. The highest BCUT2D eigenvalue weighted by molar-refractivity contribution is 6.25. The number of nitrogens with zero attached hydrogens (tertiary/aromatic N) is 1. The van der Waals surface area contributed by atoms with Crippen LogP contribution in [0.2, 0.25) is 0 Å². The van der Waals surface area contributed by atoms with Crippen molar-refractivity contribution >= 4 is 71.7 Å². The smallest absolute Gasteiger partial charge is 0.160 e. The van der Waals surface area contributed by atoms with Gasteiger partial charge in [0.2, 0.25) is 0 Å². The molecule has 0 bridgehead atoms. The average Bonchev–Trinajstić information content (AvgIpc) is 3.84. The molecule has 0 atom stereocenters. The van der Waals surface area contributed by atoms with Crippen LogP contribution in [0.4, 0.5) is 17.1 Å². The normalized spacial score (nSPS) is 13.3. The van der Waals surface area contributed by atoms with Crippen LogP contribution in [0.5, 0.6) is 0 Å². The van der Waals surface area contributed by atoms with Gasteiger partial charge < -0.3 is 13.7 Å². The molecule has 0 amide bonds. The average molecular weight is 668 g/mol. The first-order valence-corrected chi connectivity index (χ1v) is 17.9. The van der Waals surface area contributed by atoms with E-state index in [2.05, 4.69) is 170 Å². The minimum Gasteiger partial charge on any atom is -0.456 e. The summed E-state index contributed by atoms with van der Waals surface area (Å²) < 4.78 is 13.5. The zero-order valence-corrected chi connectivity index (χ0v) is 28.9. The van der Waals surface area contributed by atoms with Gasteiger partial charge in [-0.15, -0.1) is 0 Å². The van der Waals surface area contributed by atoms with Gasteiger partial charge >= 0.3 is 0 Å². The fraction of sp³-hybridized carbons (Fsp3) is 0.0612. The molecule has 0 saturated heterocycles. The van der Waals surface area contributed by atoms with E-state index in [1.165, 1.54) is 33.0 Å². The van der Waals surface area contributed by atoms with Gasteiger partial charge in [-0.2, -0.15) is 0 Å². The first-order chi connectivity index (χ1) is 25.5. The van der Waals surface area contributed by atoms with Crippen molar-refractivity contribution in [1.29, 1.82) is 0 Å². The van der Waals surface area contributed by atoms with Gasteiger partial charge in [-0.25, -0.2) is 0 Å². The molecule has 0 aliphatic heterocycles. The zero-order valence-electron chi connectivity index (χ0n) is 28.9. The van der Waals surface area contributed by atoms with E-state index in [0.29, 0.717) is 0 Å². The minimum absolute atomic E-state index is 0.152. The largest absolute Gasteiger partial charge is 0.456 e. The van der Waals surface area contributed by atoms with Gasteiger partial charge in [0.05, 0.1) is 11.4 Å². The summed E-state index contributed by atoms with van der Waals surface area (Å²) in [6.45, 7) is 4.67. The maximum absolute atomic E-state index is 7.03. The van der Waals surface area contributed by atoms with Crippen LogP contribution in [-0.2, 0) is 5.41 Å². The molecular weight excluding hydrogens is 635 g/mol. The molecule has 3 heteroatoms. The number of furan rings is 2. The highest BCUT2D eigenvalue weighted by Crippen LogP contribution is 2.52. The molecule has 1 aliphatic carbocycles. The van der Waals surface area contributed by atoms with Crippen molar-refractivity contribution in [2.45, 2.75) is 19.3 Å². The van der Waals surface area contributed by atoms with E-state index in [1.807, 2.05) is 12.1 Å². The fourth-order valence-electron chi connectivity index (χ4n) is 8.77. The monoisotopic (exact) mass is 667 g/mol. The van der Waals surface area contributed by atoms with Crippen LogP contribution in [-0.4, -0.2) is 0 Å². The number of benzene rings is 8. The van der Waals surface area contributed by atoms with Gasteiger partial charge in [-0.3, -0.25) is 0 Å². The molecule has 3 nitrogen and oxygen atoms in total. The molecule has 10 aromatic rings. The Morgan fingerprint density at radius 3 is 2.04 bits per heavy atom. The SMILES string of the molecule is CC1(C)c2ccccc2-c2ccc(N(c3ccc4c(c3)oc3ccccc34)c3ccc(-c4ccccc4)c4c3oc3ccc5ccccc5c34)cc21. The highest BCUT2D eigenvalue weighted by atomic mass is 16.3. The predicted octanol–water partition coefficient (Wildman–Crippen LogP) is 14.1. The molecule has 0 saturated carbocycles. The number of para-hydroxylation sites is 1. The summed E-state index contributed by atoms with van der Waals surface area (Å²) in [7, 11) is 0. The summed E-state index contributed by atoms with van der Waals surface area (Å²) >= 11 is 0. The maximum Gasteiger partial charge on any atom is 0.160 e. The molecule has 2 aromatic heterocycles. The Labute approximate surface area is 301 Å². The number of rotatable bonds is 4. The van der Waals surface area contributed by atoms with Crippen molar-refractivity contribution in [3.8, 4) is 22.3 Å². The third-order valence-corrected chi connectivity index (χ3v) is 11.3. The second-order valence-corrected chi connectivity index (χ2v) is 14.5. The van der Waals surface area contributed by atoms with E-state index in [1.54, 1.807) is 0 Å². The summed E-state index contributed by atoms with van der Waals surface area (Å²) in [6.07, 6.45) is 0. The second-order valence-electron chi connectivity index (χ2n) is 14.5. The molecule has 0 fully saturated rings. The van der Waals surface area contributed by atoms with Crippen LogP contribution in [0.1, 0.15) is 25.0 Å². The molecule has 52 heavy (non-hydrogen) atoms. The Morgan fingerprint density at radius 2 is 1.13 bits per heavy atom.